The fourth-order valence-electron chi connectivity index (χ4n) is 2.22. The first-order valence-corrected chi connectivity index (χ1v) is 7.91. The Morgan fingerprint density at radius 2 is 1.79 bits per heavy atom. The van der Waals surface area contributed by atoms with Gasteiger partial charge in [0.2, 0.25) is 0 Å². The van der Waals surface area contributed by atoms with E-state index < -0.39 is 5.60 Å². The molecule has 2 rings (SSSR count). The molecule has 0 spiro atoms. The Morgan fingerprint density at radius 3 is 2.38 bits per heavy atom. The van der Waals surface area contributed by atoms with Crippen LogP contribution < -0.4 is 15.4 Å². The van der Waals surface area contributed by atoms with Crippen molar-refractivity contribution in [3.8, 4) is 5.75 Å². The van der Waals surface area contributed by atoms with E-state index in [1.807, 2.05) is 24.3 Å². The second kappa shape index (κ2) is 8.04. The predicted molar refractivity (Wildman–Crippen MR) is 95.8 cm³/mol. The number of nitrogens with one attached hydrogen (secondary N) is 2. The summed E-state index contributed by atoms with van der Waals surface area (Å²) in [6.45, 7) is 1.80. The van der Waals surface area contributed by atoms with Gasteiger partial charge in [-0.15, -0.1) is 0 Å². The van der Waals surface area contributed by atoms with Crippen LogP contribution in [0, 0.1) is 0 Å². The molecule has 0 aliphatic rings. The van der Waals surface area contributed by atoms with Crippen LogP contribution in [-0.4, -0.2) is 30.4 Å². The molecule has 0 aliphatic heterocycles. The molecule has 0 aliphatic carbocycles. The molecule has 0 bridgehead atoms. The van der Waals surface area contributed by atoms with Crippen LogP contribution in [-0.2, 0) is 6.42 Å². The molecule has 6 heteroatoms. The highest BCUT2D eigenvalue weighted by Crippen LogP contribution is 2.17. The number of methoxy groups -OCH3 is 1. The van der Waals surface area contributed by atoms with Gasteiger partial charge < -0.3 is 20.5 Å². The Morgan fingerprint density at radius 1 is 1.17 bits per heavy atom. The number of aliphatic hydroxyl groups is 1. The molecule has 3 N–H and O–H groups in total. The van der Waals surface area contributed by atoms with Crippen LogP contribution in [0.25, 0.3) is 0 Å². The quantitative estimate of drug-likeness (QED) is 0.748. The van der Waals surface area contributed by atoms with Crippen molar-refractivity contribution >= 4 is 23.3 Å². The molecule has 24 heavy (non-hydrogen) atoms. The molecule has 1 atom stereocenters. The summed E-state index contributed by atoms with van der Waals surface area (Å²) < 4.78 is 5.11. The van der Waals surface area contributed by atoms with Gasteiger partial charge in [0.15, 0.2) is 0 Å². The number of urea groups is 1. The molecule has 1 unspecified atom stereocenters. The maximum Gasteiger partial charge on any atom is 0.319 e. The van der Waals surface area contributed by atoms with Gasteiger partial charge in [-0.1, -0.05) is 23.7 Å². The summed E-state index contributed by atoms with van der Waals surface area (Å²) >= 11 is 5.80. The smallest absolute Gasteiger partial charge is 0.319 e. The van der Waals surface area contributed by atoms with Gasteiger partial charge in [-0.3, -0.25) is 0 Å². The Balaban J connectivity index is 1.84. The normalized spacial score (nSPS) is 13.0. The first kappa shape index (κ1) is 18.1. The predicted octanol–water partition coefficient (Wildman–Crippen LogP) is 3.46. The summed E-state index contributed by atoms with van der Waals surface area (Å²) in [5, 5.41) is 16.4. The fraction of sp³-hybridized carbons (Fsp3) is 0.278. The van der Waals surface area contributed by atoms with E-state index in [1.165, 1.54) is 0 Å². The third kappa shape index (κ3) is 5.76. The van der Waals surface area contributed by atoms with E-state index in [1.54, 1.807) is 38.3 Å². The lowest BCUT2D eigenvalue weighted by Gasteiger charge is -2.24. The molecule has 0 fully saturated rings. The molecule has 0 heterocycles. The van der Waals surface area contributed by atoms with Crippen molar-refractivity contribution in [2.24, 2.45) is 0 Å². The summed E-state index contributed by atoms with van der Waals surface area (Å²) in [5.41, 5.74) is 0.527. The highest BCUT2D eigenvalue weighted by molar-refractivity contribution is 6.30. The van der Waals surface area contributed by atoms with Gasteiger partial charge in [0, 0.05) is 23.7 Å². The highest BCUT2D eigenvalue weighted by atomic mass is 35.5. The van der Waals surface area contributed by atoms with Gasteiger partial charge in [0.05, 0.1) is 12.7 Å². The van der Waals surface area contributed by atoms with Crippen LogP contribution in [0.2, 0.25) is 5.02 Å². The summed E-state index contributed by atoms with van der Waals surface area (Å²) in [6.07, 6.45) is 0.415. The third-order valence-corrected chi connectivity index (χ3v) is 3.73. The van der Waals surface area contributed by atoms with Gasteiger partial charge in [-0.25, -0.2) is 4.79 Å². The topological polar surface area (TPSA) is 70.6 Å². The summed E-state index contributed by atoms with van der Waals surface area (Å²) in [7, 11) is 1.61. The van der Waals surface area contributed by atoms with E-state index >= 15 is 0 Å². The summed E-state index contributed by atoms with van der Waals surface area (Å²) in [6, 6.07) is 13.9. The van der Waals surface area contributed by atoms with E-state index in [2.05, 4.69) is 10.6 Å². The minimum Gasteiger partial charge on any atom is -0.497 e. The number of hydrogen-bond acceptors (Lipinski definition) is 3. The summed E-state index contributed by atoms with van der Waals surface area (Å²) in [4.78, 5) is 11.9. The molecule has 0 aromatic heterocycles. The molecular weight excluding hydrogens is 328 g/mol. The average Bonchev–Trinajstić information content (AvgIpc) is 2.56. The lowest BCUT2D eigenvalue weighted by atomic mass is 9.96. The van der Waals surface area contributed by atoms with Crippen LogP contribution >= 0.6 is 11.6 Å². The minimum absolute atomic E-state index is 0.123. The number of amides is 2. The molecule has 2 aromatic rings. The van der Waals surface area contributed by atoms with Gasteiger partial charge in [-0.05, 0) is 48.9 Å². The van der Waals surface area contributed by atoms with Gasteiger partial charge in [0.1, 0.15) is 5.75 Å². The van der Waals surface area contributed by atoms with Crippen molar-refractivity contribution in [2.45, 2.75) is 18.9 Å². The SMILES string of the molecule is COc1ccc(CC(C)(O)CNC(=O)Nc2ccc(Cl)cc2)cc1. The minimum atomic E-state index is -1.06. The Labute approximate surface area is 146 Å². The highest BCUT2D eigenvalue weighted by Gasteiger charge is 2.22. The number of benzene rings is 2. The lowest BCUT2D eigenvalue weighted by molar-refractivity contribution is 0.0629. The zero-order valence-electron chi connectivity index (χ0n) is 13.7. The second-order valence-corrected chi connectivity index (χ2v) is 6.27. The van der Waals surface area contributed by atoms with Crippen LogP contribution in [0.1, 0.15) is 12.5 Å². The lowest BCUT2D eigenvalue weighted by Crippen LogP contribution is -2.43. The largest absolute Gasteiger partial charge is 0.497 e. The number of anilines is 1. The van der Waals surface area contributed by atoms with Crippen LogP contribution in [0.4, 0.5) is 10.5 Å². The number of halogens is 1. The van der Waals surface area contributed by atoms with Crippen molar-refractivity contribution in [1.29, 1.82) is 0 Å². The van der Waals surface area contributed by atoms with E-state index in [4.69, 9.17) is 16.3 Å². The van der Waals surface area contributed by atoms with Crippen molar-refractivity contribution in [2.75, 3.05) is 19.0 Å². The Bertz CT molecular complexity index is 670. The maximum atomic E-state index is 11.9. The molecule has 0 saturated heterocycles. The number of hydrogen-bond donors (Lipinski definition) is 3. The van der Waals surface area contributed by atoms with Crippen LogP contribution in [0.15, 0.2) is 48.5 Å². The number of carbonyl (C=O) groups is 1. The summed E-state index contributed by atoms with van der Waals surface area (Å²) in [5.74, 6) is 0.763. The Hall–Kier alpha value is -2.24. The van der Waals surface area contributed by atoms with Gasteiger partial charge in [-0.2, -0.15) is 0 Å². The van der Waals surface area contributed by atoms with E-state index in [9.17, 15) is 9.90 Å². The maximum absolute atomic E-state index is 11.9. The first-order valence-electron chi connectivity index (χ1n) is 7.54. The zero-order chi connectivity index (χ0) is 17.6. The molecular formula is C18H21ClN2O3. The second-order valence-electron chi connectivity index (χ2n) is 5.84. The number of rotatable bonds is 6. The van der Waals surface area contributed by atoms with Crippen molar-refractivity contribution < 1.29 is 14.6 Å². The molecule has 5 nitrogen and oxygen atoms in total. The Kier molecular flexibility index (Phi) is 6.06. The molecule has 0 radical (unpaired) electrons. The van der Waals surface area contributed by atoms with Crippen LogP contribution in [0.5, 0.6) is 5.75 Å². The van der Waals surface area contributed by atoms with E-state index in [0.29, 0.717) is 17.1 Å². The zero-order valence-corrected chi connectivity index (χ0v) is 14.4. The van der Waals surface area contributed by atoms with Crippen molar-refractivity contribution in [3.63, 3.8) is 0 Å². The standard InChI is InChI=1S/C18H21ClN2O3/c1-18(23,11-13-3-9-16(24-2)10-4-13)12-20-17(22)21-15-7-5-14(19)6-8-15/h3-10,23H,11-12H2,1-2H3,(H2,20,21,22). The van der Waals surface area contributed by atoms with E-state index in [-0.39, 0.29) is 12.6 Å². The number of ether oxygens (including phenoxy) is 1. The molecule has 2 aromatic carbocycles. The first-order chi connectivity index (χ1) is 11.4. The van der Waals surface area contributed by atoms with E-state index in [0.717, 1.165) is 11.3 Å². The monoisotopic (exact) mass is 348 g/mol. The number of carbonyl (C=O) groups excluding carboxylic acids is 1. The fourth-order valence-corrected chi connectivity index (χ4v) is 2.35. The van der Waals surface area contributed by atoms with Crippen molar-refractivity contribution in [3.05, 3.63) is 59.1 Å². The molecule has 128 valence electrons. The van der Waals surface area contributed by atoms with Crippen molar-refractivity contribution in [1.82, 2.24) is 5.32 Å². The van der Waals surface area contributed by atoms with Gasteiger partial charge in [0.25, 0.3) is 0 Å². The van der Waals surface area contributed by atoms with Crippen LogP contribution in [0.3, 0.4) is 0 Å². The molecule has 2 amide bonds. The third-order valence-electron chi connectivity index (χ3n) is 3.48. The average molecular weight is 349 g/mol. The van der Waals surface area contributed by atoms with Gasteiger partial charge >= 0.3 is 6.03 Å². The molecule has 0 saturated carbocycles.